The molecule has 1 aromatic carbocycles. The van der Waals surface area contributed by atoms with Crippen LogP contribution in [0.1, 0.15) is 32.1 Å². The molecule has 1 fully saturated rings. The van der Waals surface area contributed by atoms with Crippen LogP contribution in [-0.4, -0.2) is 26.0 Å². The Bertz CT molecular complexity index is 1150. The molecule has 152 valence electrons. The van der Waals surface area contributed by atoms with Gasteiger partial charge in [-0.25, -0.2) is 15.0 Å². The maximum absolute atomic E-state index is 5.97. The average molecular weight is 419 g/mol. The first-order valence-electron chi connectivity index (χ1n) is 10.1. The number of nitrogen functional groups attached to an aromatic ring is 1. The number of nitrogens with zero attached hydrogens (tertiary/aromatic N) is 4. The smallest absolute Gasteiger partial charge is 0.238 e. The van der Waals surface area contributed by atoms with Gasteiger partial charge in [0.25, 0.3) is 0 Å². The third kappa shape index (κ3) is 4.18. The number of nitrogens with one attached hydrogen (secondary N) is 1. The number of fused-ring (bicyclic) bond motifs is 1. The summed E-state index contributed by atoms with van der Waals surface area (Å²) in [5, 5.41) is 4.58. The summed E-state index contributed by atoms with van der Waals surface area (Å²) in [5.74, 6) is 1.60. The van der Waals surface area contributed by atoms with Crippen LogP contribution < -0.4 is 15.8 Å². The van der Waals surface area contributed by atoms with Crippen molar-refractivity contribution in [2.24, 2.45) is 0 Å². The Kier molecular flexibility index (Phi) is 5.15. The SMILES string of the molecule is Nc1ccc(-c2cncc(Oc3ccc4nc(NC5CCCCC5)sc4c3)n2)cn1. The predicted octanol–water partition coefficient (Wildman–Crippen LogP) is 5.27. The van der Waals surface area contributed by atoms with Crippen molar-refractivity contribution in [1.29, 1.82) is 0 Å². The zero-order valence-electron chi connectivity index (χ0n) is 16.4. The van der Waals surface area contributed by atoms with Gasteiger partial charge in [0.1, 0.15) is 11.6 Å². The summed E-state index contributed by atoms with van der Waals surface area (Å²) < 4.78 is 7.05. The molecule has 8 heteroatoms. The highest BCUT2D eigenvalue weighted by Crippen LogP contribution is 2.32. The van der Waals surface area contributed by atoms with Crippen LogP contribution in [-0.2, 0) is 0 Å². The van der Waals surface area contributed by atoms with Gasteiger partial charge in [-0.3, -0.25) is 4.98 Å². The minimum atomic E-state index is 0.425. The van der Waals surface area contributed by atoms with Crippen molar-refractivity contribution in [2.75, 3.05) is 11.1 Å². The van der Waals surface area contributed by atoms with Crippen molar-refractivity contribution in [3.63, 3.8) is 0 Å². The van der Waals surface area contributed by atoms with Crippen LogP contribution in [0.15, 0.2) is 48.9 Å². The van der Waals surface area contributed by atoms with Gasteiger partial charge >= 0.3 is 0 Å². The summed E-state index contributed by atoms with van der Waals surface area (Å²) in [5.41, 5.74) is 8.14. The van der Waals surface area contributed by atoms with E-state index in [4.69, 9.17) is 15.5 Å². The standard InChI is InChI=1S/C22H22N6OS/c23-20-9-6-14(11-25-20)18-12-24-13-21(27-18)29-16-7-8-17-19(10-16)30-22(28-17)26-15-4-2-1-3-5-15/h6-13,15H,1-5H2,(H2,23,25)(H,26,28). The van der Waals surface area contributed by atoms with Crippen molar-refractivity contribution in [1.82, 2.24) is 19.9 Å². The fourth-order valence-electron chi connectivity index (χ4n) is 3.67. The van der Waals surface area contributed by atoms with Crippen LogP contribution in [0.4, 0.5) is 10.9 Å². The molecule has 0 atom stereocenters. The van der Waals surface area contributed by atoms with E-state index in [0.29, 0.717) is 29.2 Å². The molecule has 3 N–H and O–H groups in total. The van der Waals surface area contributed by atoms with Gasteiger partial charge in [0.15, 0.2) is 5.13 Å². The maximum atomic E-state index is 5.97. The second-order valence-corrected chi connectivity index (χ2v) is 8.47. The highest BCUT2D eigenvalue weighted by Gasteiger charge is 2.15. The summed E-state index contributed by atoms with van der Waals surface area (Å²) in [6.07, 6.45) is 11.3. The second kappa shape index (κ2) is 8.23. The number of aromatic nitrogens is 4. The topological polar surface area (TPSA) is 98.8 Å². The van der Waals surface area contributed by atoms with Gasteiger partial charge in [0, 0.05) is 23.9 Å². The van der Waals surface area contributed by atoms with E-state index >= 15 is 0 Å². The average Bonchev–Trinajstić information content (AvgIpc) is 3.17. The fraction of sp³-hybridized carbons (Fsp3) is 0.273. The first-order chi connectivity index (χ1) is 14.7. The van der Waals surface area contributed by atoms with E-state index < -0.39 is 0 Å². The third-order valence-electron chi connectivity index (χ3n) is 5.21. The van der Waals surface area contributed by atoms with Crippen molar-refractivity contribution in [3.8, 4) is 22.9 Å². The minimum absolute atomic E-state index is 0.425. The molecule has 0 amide bonds. The highest BCUT2D eigenvalue weighted by molar-refractivity contribution is 7.22. The molecule has 1 saturated carbocycles. The number of thiazole rings is 1. The molecule has 4 aromatic rings. The van der Waals surface area contributed by atoms with Crippen molar-refractivity contribution >= 4 is 32.5 Å². The monoisotopic (exact) mass is 418 g/mol. The molecule has 0 aliphatic heterocycles. The summed E-state index contributed by atoms with van der Waals surface area (Å²) >= 11 is 1.66. The van der Waals surface area contributed by atoms with E-state index in [1.165, 1.54) is 32.1 Å². The molecule has 0 bridgehead atoms. The lowest BCUT2D eigenvalue weighted by Crippen LogP contribution is -2.21. The van der Waals surface area contributed by atoms with Crippen LogP contribution >= 0.6 is 11.3 Å². The van der Waals surface area contributed by atoms with E-state index in [-0.39, 0.29) is 0 Å². The number of ether oxygens (including phenoxy) is 1. The van der Waals surface area contributed by atoms with E-state index in [1.807, 2.05) is 24.3 Å². The first kappa shape index (κ1) is 18.7. The molecule has 1 aliphatic rings. The van der Waals surface area contributed by atoms with E-state index in [9.17, 15) is 0 Å². The Hall–Kier alpha value is -3.26. The Labute approximate surface area is 178 Å². The van der Waals surface area contributed by atoms with Gasteiger partial charge in [-0.2, -0.15) is 0 Å². The number of hydrogen-bond acceptors (Lipinski definition) is 8. The van der Waals surface area contributed by atoms with Gasteiger partial charge in [0.2, 0.25) is 5.88 Å². The summed E-state index contributed by atoms with van der Waals surface area (Å²) in [6, 6.07) is 10.0. The van der Waals surface area contributed by atoms with Gasteiger partial charge in [0.05, 0.1) is 28.3 Å². The van der Waals surface area contributed by atoms with Crippen molar-refractivity contribution < 1.29 is 4.74 Å². The molecule has 0 radical (unpaired) electrons. The Morgan fingerprint density at radius 3 is 2.73 bits per heavy atom. The minimum Gasteiger partial charge on any atom is -0.437 e. The maximum Gasteiger partial charge on any atom is 0.238 e. The van der Waals surface area contributed by atoms with E-state index in [1.54, 1.807) is 36.0 Å². The van der Waals surface area contributed by atoms with Crippen LogP contribution in [0.2, 0.25) is 0 Å². The molecule has 0 saturated heterocycles. The number of pyridine rings is 1. The number of rotatable bonds is 5. The third-order valence-corrected chi connectivity index (χ3v) is 6.16. The van der Waals surface area contributed by atoms with Crippen LogP contribution in [0.5, 0.6) is 11.6 Å². The van der Waals surface area contributed by atoms with Gasteiger partial charge < -0.3 is 15.8 Å². The first-order valence-corrected chi connectivity index (χ1v) is 10.9. The molecular formula is C22H22N6OS. The van der Waals surface area contributed by atoms with E-state index in [2.05, 4.69) is 20.3 Å². The molecule has 5 rings (SSSR count). The molecule has 3 heterocycles. The molecule has 7 nitrogen and oxygen atoms in total. The Balaban J connectivity index is 1.34. The largest absolute Gasteiger partial charge is 0.437 e. The summed E-state index contributed by atoms with van der Waals surface area (Å²) in [6.45, 7) is 0. The number of anilines is 2. The van der Waals surface area contributed by atoms with Gasteiger partial charge in [-0.15, -0.1) is 0 Å². The zero-order valence-corrected chi connectivity index (χ0v) is 17.2. The number of hydrogen-bond donors (Lipinski definition) is 2. The molecule has 0 unspecified atom stereocenters. The predicted molar refractivity (Wildman–Crippen MR) is 120 cm³/mol. The van der Waals surface area contributed by atoms with Crippen molar-refractivity contribution in [3.05, 3.63) is 48.9 Å². The normalized spacial score (nSPS) is 14.7. The lowest BCUT2D eigenvalue weighted by atomic mass is 9.96. The molecule has 1 aliphatic carbocycles. The van der Waals surface area contributed by atoms with Crippen LogP contribution in [0, 0.1) is 0 Å². The lowest BCUT2D eigenvalue weighted by molar-refractivity contribution is 0.461. The Morgan fingerprint density at radius 2 is 1.90 bits per heavy atom. The van der Waals surface area contributed by atoms with Crippen molar-refractivity contribution in [2.45, 2.75) is 38.1 Å². The lowest BCUT2D eigenvalue weighted by Gasteiger charge is -2.22. The molecule has 30 heavy (non-hydrogen) atoms. The molecular weight excluding hydrogens is 396 g/mol. The number of nitrogens with two attached hydrogens (primary N) is 1. The Morgan fingerprint density at radius 1 is 1.00 bits per heavy atom. The molecule has 3 aromatic heterocycles. The van der Waals surface area contributed by atoms with Crippen LogP contribution in [0.3, 0.4) is 0 Å². The zero-order chi connectivity index (χ0) is 20.3. The fourth-order valence-corrected chi connectivity index (χ4v) is 4.64. The summed E-state index contributed by atoms with van der Waals surface area (Å²) in [7, 11) is 0. The number of benzene rings is 1. The molecule has 0 spiro atoms. The highest BCUT2D eigenvalue weighted by atomic mass is 32.1. The van der Waals surface area contributed by atoms with Gasteiger partial charge in [-0.05, 0) is 37.1 Å². The summed E-state index contributed by atoms with van der Waals surface area (Å²) in [4.78, 5) is 17.6. The van der Waals surface area contributed by atoms with E-state index in [0.717, 1.165) is 20.9 Å². The van der Waals surface area contributed by atoms with Gasteiger partial charge in [-0.1, -0.05) is 30.6 Å². The van der Waals surface area contributed by atoms with Crippen LogP contribution in [0.25, 0.3) is 21.5 Å². The second-order valence-electron chi connectivity index (χ2n) is 7.44. The quantitative estimate of drug-likeness (QED) is 0.455.